The van der Waals surface area contributed by atoms with Gasteiger partial charge in [-0.15, -0.1) is 5.10 Å². The van der Waals surface area contributed by atoms with Crippen LogP contribution in [-0.4, -0.2) is 40.0 Å². The molecule has 0 atom stereocenters. The number of hydrogen-bond acceptors (Lipinski definition) is 6. The van der Waals surface area contributed by atoms with Crippen molar-refractivity contribution in [3.63, 3.8) is 0 Å². The van der Waals surface area contributed by atoms with Crippen LogP contribution in [0.1, 0.15) is 36.7 Å². The van der Waals surface area contributed by atoms with E-state index in [2.05, 4.69) is 5.10 Å². The van der Waals surface area contributed by atoms with Crippen molar-refractivity contribution in [1.82, 2.24) is 4.57 Å². The van der Waals surface area contributed by atoms with Gasteiger partial charge in [0.05, 0.1) is 23.4 Å². The molecule has 0 radical (unpaired) electrons. The summed E-state index contributed by atoms with van der Waals surface area (Å²) in [5, 5.41) is 15.2. The zero-order chi connectivity index (χ0) is 24.6. The number of carbonyl (C=O) groups excluding carboxylic acids is 2. The average Bonchev–Trinajstić information content (AvgIpc) is 3.32. The Hall–Kier alpha value is -4.40. The molecule has 0 unspecified atom stereocenters. The summed E-state index contributed by atoms with van der Waals surface area (Å²) in [6, 6.07) is 13.3. The van der Waals surface area contributed by atoms with Gasteiger partial charge in [0, 0.05) is 22.7 Å². The number of para-hydroxylation sites is 1. The first kappa shape index (κ1) is 22.8. The summed E-state index contributed by atoms with van der Waals surface area (Å²) in [4.78, 5) is 36.9. The molecule has 0 bridgehead atoms. The SMILES string of the molecule is CCOC(=O)C(C)(C)n1cc(C=C2C(=O)N(c3ccc(C(=O)O)cc3)N=C2N)c2ccccc21. The van der Waals surface area contributed by atoms with Gasteiger partial charge in [-0.25, -0.2) is 9.59 Å². The number of benzene rings is 2. The summed E-state index contributed by atoms with van der Waals surface area (Å²) >= 11 is 0. The number of hydrazone groups is 1. The second-order valence-corrected chi connectivity index (χ2v) is 8.26. The molecule has 9 heteroatoms. The Morgan fingerprint density at radius 1 is 1.15 bits per heavy atom. The molecule has 1 aliphatic heterocycles. The lowest BCUT2D eigenvalue weighted by molar-refractivity contribution is -0.152. The van der Waals surface area contributed by atoms with Crippen LogP contribution < -0.4 is 10.7 Å². The molecule has 0 spiro atoms. The lowest BCUT2D eigenvalue weighted by Gasteiger charge is -2.25. The Morgan fingerprint density at radius 3 is 2.47 bits per heavy atom. The molecular formula is C25H24N4O5. The van der Waals surface area contributed by atoms with E-state index in [1.54, 1.807) is 33.0 Å². The highest BCUT2D eigenvalue weighted by atomic mass is 16.5. The Kier molecular flexibility index (Phi) is 5.70. The van der Waals surface area contributed by atoms with Crippen LogP contribution >= 0.6 is 0 Å². The predicted molar refractivity (Wildman–Crippen MR) is 128 cm³/mol. The van der Waals surface area contributed by atoms with Gasteiger partial charge in [-0.05, 0) is 57.2 Å². The minimum atomic E-state index is -1.06. The Morgan fingerprint density at radius 2 is 1.82 bits per heavy atom. The number of esters is 1. The molecule has 1 aromatic heterocycles. The van der Waals surface area contributed by atoms with E-state index >= 15 is 0 Å². The number of amidine groups is 1. The third-order valence-corrected chi connectivity index (χ3v) is 5.69. The van der Waals surface area contributed by atoms with E-state index in [1.807, 2.05) is 28.8 Å². The topological polar surface area (TPSA) is 127 Å². The minimum Gasteiger partial charge on any atom is -0.478 e. The summed E-state index contributed by atoms with van der Waals surface area (Å²) in [5.74, 6) is -1.84. The number of anilines is 1. The summed E-state index contributed by atoms with van der Waals surface area (Å²) in [5.41, 5.74) is 7.29. The predicted octanol–water partition coefficient (Wildman–Crippen LogP) is 3.34. The van der Waals surface area contributed by atoms with Crippen molar-refractivity contribution >= 4 is 46.3 Å². The summed E-state index contributed by atoms with van der Waals surface area (Å²) in [6.07, 6.45) is 3.44. The number of hydrogen-bond donors (Lipinski definition) is 2. The second-order valence-electron chi connectivity index (χ2n) is 8.26. The zero-order valence-corrected chi connectivity index (χ0v) is 19.0. The minimum absolute atomic E-state index is 0.0359. The van der Waals surface area contributed by atoms with Crippen molar-refractivity contribution in [2.24, 2.45) is 10.8 Å². The van der Waals surface area contributed by atoms with E-state index in [0.717, 1.165) is 15.9 Å². The number of carboxylic acid groups (broad SMARTS) is 1. The molecule has 34 heavy (non-hydrogen) atoms. The molecule has 3 N–H and O–H groups in total. The molecule has 0 saturated carbocycles. The molecule has 2 aromatic carbocycles. The molecule has 3 aromatic rings. The Balaban J connectivity index is 1.75. The van der Waals surface area contributed by atoms with Crippen LogP contribution in [0.3, 0.4) is 0 Å². The number of nitrogens with zero attached hydrogens (tertiary/aromatic N) is 3. The van der Waals surface area contributed by atoms with Gasteiger partial charge in [-0.3, -0.25) is 4.79 Å². The fraction of sp³-hybridized carbons (Fsp3) is 0.200. The fourth-order valence-electron chi connectivity index (χ4n) is 3.83. The number of carboxylic acids is 1. The highest BCUT2D eigenvalue weighted by Crippen LogP contribution is 2.31. The summed E-state index contributed by atoms with van der Waals surface area (Å²) in [6.45, 7) is 5.57. The van der Waals surface area contributed by atoms with Crippen LogP contribution in [-0.2, 0) is 19.9 Å². The van der Waals surface area contributed by atoms with Gasteiger partial charge in [-0.2, -0.15) is 5.01 Å². The first-order chi connectivity index (χ1) is 16.1. The van der Waals surface area contributed by atoms with E-state index in [0.29, 0.717) is 11.3 Å². The van der Waals surface area contributed by atoms with Gasteiger partial charge in [0.1, 0.15) is 5.54 Å². The van der Waals surface area contributed by atoms with E-state index < -0.39 is 17.4 Å². The number of nitrogens with two attached hydrogens (primary N) is 1. The van der Waals surface area contributed by atoms with Crippen LogP contribution in [0.4, 0.5) is 5.69 Å². The number of aromatic nitrogens is 1. The number of ether oxygens (including phenoxy) is 1. The van der Waals surface area contributed by atoms with Crippen LogP contribution in [0.15, 0.2) is 65.4 Å². The van der Waals surface area contributed by atoms with Crippen LogP contribution in [0.25, 0.3) is 17.0 Å². The van der Waals surface area contributed by atoms with Gasteiger partial charge in [0.2, 0.25) is 0 Å². The maximum absolute atomic E-state index is 13.1. The monoisotopic (exact) mass is 460 g/mol. The number of amides is 1. The average molecular weight is 460 g/mol. The number of rotatable bonds is 6. The molecular weight excluding hydrogens is 436 g/mol. The zero-order valence-electron chi connectivity index (χ0n) is 19.0. The third-order valence-electron chi connectivity index (χ3n) is 5.69. The molecule has 2 heterocycles. The first-order valence-corrected chi connectivity index (χ1v) is 10.7. The fourth-order valence-corrected chi connectivity index (χ4v) is 3.83. The number of aromatic carboxylic acids is 1. The Labute approximate surface area is 195 Å². The smallest absolute Gasteiger partial charge is 0.335 e. The van der Waals surface area contributed by atoms with Gasteiger partial charge in [0.25, 0.3) is 5.91 Å². The van der Waals surface area contributed by atoms with E-state index in [9.17, 15) is 14.4 Å². The standard InChI is InChI=1S/C25H24N4O5/c1-4-34-24(33)25(2,3)28-14-16(18-7-5-6-8-20(18)28)13-19-21(26)27-29(22(19)30)17-11-9-15(10-12-17)23(31)32/h5-14H,4H2,1-3H3,(H2,26,27)(H,31,32). The van der Waals surface area contributed by atoms with Crippen molar-refractivity contribution < 1.29 is 24.2 Å². The molecule has 1 aliphatic rings. The quantitative estimate of drug-likeness (QED) is 0.429. The maximum Gasteiger partial charge on any atom is 0.335 e. The van der Waals surface area contributed by atoms with Crippen LogP contribution in [0, 0.1) is 0 Å². The van der Waals surface area contributed by atoms with Crippen molar-refractivity contribution in [1.29, 1.82) is 0 Å². The van der Waals surface area contributed by atoms with Gasteiger partial charge >= 0.3 is 11.9 Å². The van der Waals surface area contributed by atoms with Crippen molar-refractivity contribution in [2.75, 3.05) is 11.6 Å². The molecule has 1 amide bonds. The van der Waals surface area contributed by atoms with Crippen molar-refractivity contribution in [2.45, 2.75) is 26.3 Å². The van der Waals surface area contributed by atoms with E-state index in [-0.39, 0.29) is 29.5 Å². The van der Waals surface area contributed by atoms with E-state index in [1.165, 1.54) is 24.3 Å². The third kappa shape index (κ3) is 3.81. The lowest BCUT2D eigenvalue weighted by Crippen LogP contribution is -2.36. The largest absolute Gasteiger partial charge is 0.478 e. The van der Waals surface area contributed by atoms with E-state index in [4.69, 9.17) is 15.6 Å². The molecule has 174 valence electrons. The normalized spacial score (nSPS) is 15.1. The number of fused-ring (bicyclic) bond motifs is 1. The number of carbonyl (C=O) groups is 3. The summed E-state index contributed by atoms with van der Waals surface area (Å²) < 4.78 is 7.08. The van der Waals surface area contributed by atoms with Gasteiger partial charge in [-0.1, -0.05) is 18.2 Å². The highest BCUT2D eigenvalue weighted by molar-refractivity contribution is 6.32. The molecule has 0 aliphatic carbocycles. The molecule has 0 saturated heterocycles. The molecule has 4 rings (SSSR count). The van der Waals surface area contributed by atoms with Crippen molar-refractivity contribution in [3.8, 4) is 0 Å². The Bertz CT molecular complexity index is 1370. The van der Waals surface area contributed by atoms with Crippen molar-refractivity contribution in [3.05, 3.63) is 71.4 Å². The van der Waals surface area contributed by atoms with Gasteiger partial charge < -0.3 is 20.1 Å². The first-order valence-electron chi connectivity index (χ1n) is 10.7. The summed E-state index contributed by atoms with van der Waals surface area (Å²) in [7, 11) is 0. The maximum atomic E-state index is 13.1. The van der Waals surface area contributed by atoms with Crippen LogP contribution in [0.5, 0.6) is 0 Å². The molecule has 0 fully saturated rings. The molecule has 9 nitrogen and oxygen atoms in total. The second kappa shape index (κ2) is 8.51. The highest BCUT2D eigenvalue weighted by Gasteiger charge is 2.34. The lowest BCUT2D eigenvalue weighted by atomic mass is 10.1. The van der Waals surface area contributed by atoms with Crippen LogP contribution in [0.2, 0.25) is 0 Å². The van der Waals surface area contributed by atoms with Gasteiger partial charge in [0.15, 0.2) is 5.84 Å².